The number of nitrogens with zero attached hydrogens (tertiary/aromatic N) is 2. The van der Waals surface area contributed by atoms with Crippen LogP contribution in [0.4, 0.5) is 0 Å². The molecule has 0 fully saturated rings. The van der Waals surface area contributed by atoms with E-state index in [4.69, 9.17) is 4.98 Å². The Balaban J connectivity index is 2.03. The van der Waals surface area contributed by atoms with Crippen LogP contribution in [-0.2, 0) is 0 Å². The van der Waals surface area contributed by atoms with Gasteiger partial charge in [0.1, 0.15) is 5.82 Å². The van der Waals surface area contributed by atoms with E-state index >= 15 is 0 Å². The summed E-state index contributed by atoms with van der Waals surface area (Å²) in [5.41, 5.74) is 4.35. The fourth-order valence-electron chi connectivity index (χ4n) is 3.54. The molecule has 0 spiro atoms. The molecule has 2 aromatic heterocycles. The number of fused-ring (bicyclic) bond motifs is 1. The molecule has 0 atom stereocenters. The van der Waals surface area contributed by atoms with Gasteiger partial charge in [-0.2, -0.15) is 0 Å². The highest BCUT2D eigenvalue weighted by molar-refractivity contribution is 5.80. The fourth-order valence-corrected chi connectivity index (χ4v) is 3.54. The minimum absolute atomic E-state index is 0.0539. The number of para-hydroxylation sites is 2. The van der Waals surface area contributed by atoms with Crippen molar-refractivity contribution in [3.05, 3.63) is 104 Å². The quantitative estimate of drug-likeness (QED) is 0.577. The molecule has 144 valence electrons. The van der Waals surface area contributed by atoms with Gasteiger partial charge in [-0.1, -0.05) is 30.3 Å². The Labute approximate surface area is 168 Å². The molecule has 1 N–H and O–H groups in total. The van der Waals surface area contributed by atoms with Gasteiger partial charge in [0.2, 0.25) is 0 Å². The van der Waals surface area contributed by atoms with Crippen LogP contribution >= 0.6 is 0 Å². The van der Waals surface area contributed by atoms with E-state index in [0.29, 0.717) is 27.9 Å². The summed E-state index contributed by atoms with van der Waals surface area (Å²) in [7, 11) is 0. The third-order valence-electron chi connectivity index (χ3n) is 5.04. The molecule has 5 heteroatoms. The van der Waals surface area contributed by atoms with E-state index in [1.807, 2.05) is 50.2 Å². The lowest BCUT2D eigenvalue weighted by atomic mass is 10.1. The predicted octanol–water partition coefficient (Wildman–Crippen LogP) is 4.17. The first kappa shape index (κ1) is 18.6. The normalized spacial score (nSPS) is 11.4. The summed E-state index contributed by atoms with van der Waals surface area (Å²) in [4.78, 5) is 33.5. The van der Waals surface area contributed by atoms with E-state index in [2.05, 4.69) is 4.98 Å². The van der Waals surface area contributed by atoms with Crippen molar-refractivity contribution in [2.45, 2.75) is 20.8 Å². The zero-order chi connectivity index (χ0) is 20.5. The summed E-state index contributed by atoms with van der Waals surface area (Å²) in [5.74, 6) is 0.479. The van der Waals surface area contributed by atoms with Crippen molar-refractivity contribution >= 4 is 23.1 Å². The number of H-pyrrole nitrogens is 1. The fraction of sp³-hybridized carbons (Fsp3) is 0.125. The Hall–Kier alpha value is -3.73. The van der Waals surface area contributed by atoms with Crippen molar-refractivity contribution < 1.29 is 0 Å². The van der Waals surface area contributed by atoms with E-state index < -0.39 is 0 Å². The molecule has 0 aliphatic carbocycles. The Kier molecular flexibility index (Phi) is 4.72. The van der Waals surface area contributed by atoms with E-state index in [1.54, 1.807) is 42.1 Å². The Morgan fingerprint density at radius 1 is 0.862 bits per heavy atom. The van der Waals surface area contributed by atoms with Gasteiger partial charge in [-0.15, -0.1) is 0 Å². The van der Waals surface area contributed by atoms with Gasteiger partial charge in [0.15, 0.2) is 5.43 Å². The second-order valence-electron chi connectivity index (χ2n) is 7.12. The van der Waals surface area contributed by atoms with Crippen LogP contribution in [0.2, 0.25) is 0 Å². The third-order valence-corrected chi connectivity index (χ3v) is 5.04. The molecule has 0 aliphatic rings. The summed E-state index contributed by atoms with van der Waals surface area (Å²) in [6, 6.07) is 13.2. The van der Waals surface area contributed by atoms with Gasteiger partial charge >= 0.3 is 0 Å². The molecule has 2 aromatic carbocycles. The van der Waals surface area contributed by atoms with Crippen molar-refractivity contribution in [3.8, 4) is 5.69 Å². The molecule has 0 radical (unpaired) electrons. The Morgan fingerprint density at radius 3 is 2.34 bits per heavy atom. The monoisotopic (exact) mass is 383 g/mol. The van der Waals surface area contributed by atoms with E-state index in [1.165, 1.54) is 0 Å². The summed E-state index contributed by atoms with van der Waals surface area (Å²) in [6.45, 7) is 5.71. The van der Waals surface area contributed by atoms with Crippen molar-refractivity contribution in [2.75, 3.05) is 0 Å². The van der Waals surface area contributed by atoms with Gasteiger partial charge in [0.05, 0.1) is 16.6 Å². The van der Waals surface area contributed by atoms with Gasteiger partial charge in [-0.3, -0.25) is 14.2 Å². The Bertz CT molecular complexity index is 1360. The van der Waals surface area contributed by atoms with Gasteiger partial charge in [-0.05, 0) is 56.2 Å². The summed E-state index contributed by atoms with van der Waals surface area (Å²) in [6.07, 6.45) is 6.74. The van der Waals surface area contributed by atoms with Gasteiger partial charge in [0.25, 0.3) is 5.56 Å². The smallest absolute Gasteiger partial charge is 0.266 e. The van der Waals surface area contributed by atoms with Crippen LogP contribution in [0.5, 0.6) is 0 Å². The second kappa shape index (κ2) is 7.36. The number of hydrogen-bond donors (Lipinski definition) is 1. The molecule has 4 aromatic rings. The number of aromatic amines is 1. The van der Waals surface area contributed by atoms with Crippen LogP contribution < -0.4 is 11.0 Å². The topological polar surface area (TPSA) is 67.8 Å². The van der Waals surface area contributed by atoms with Crippen molar-refractivity contribution in [3.63, 3.8) is 0 Å². The number of aromatic nitrogens is 3. The van der Waals surface area contributed by atoms with Gasteiger partial charge in [-0.25, -0.2) is 4.98 Å². The first-order valence-electron chi connectivity index (χ1n) is 9.41. The molecule has 0 bridgehead atoms. The van der Waals surface area contributed by atoms with E-state index in [-0.39, 0.29) is 11.0 Å². The summed E-state index contributed by atoms with van der Waals surface area (Å²) < 4.78 is 1.63. The number of rotatable bonds is 3. The van der Waals surface area contributed by atoms with Crippen molar-refractivity contribution in [1.29, 1.82) is 0 Å². The lowest BCUT2D eigenvalue weighted by Gasteiger charge is -2.16. The standard InChI is InChI=1S/C24H21N3O2/c1-15-7-6-8-16(2)22(15)27-21(12-11-18-14-25-13-17(3)23(18)28)26-20-10-5-4-9-19(20)24(27)29/h4-14H,1-3H3,(H,25,28)/b12-11+. The SMILES string of the molecule is Cc1cccc(C)c1-n1c(/C=C/c2c[nH]cc(C)c2=O)nc2ccccc2c1=O. The second-order valence-corrected chi connectivity index (χ2v) is 7.12. The van der Waals surface area contributed by atoms with Crippen LogP contribution in [0.15, 0.2) is 64.4 Å². The Morgan fingerprint density at radius 2 is 1.59 bits per heavy atom. The van der Waals surface area contributed by atoms with Gasteiger partial charge in [0, 0.05) is 23.5 Å². The molecule has 0 saturated carbocycles. The minimum Gasteiger partial charge on any atom is -0.367 e. The largest absolute Gasteiger partial charge is 0.367 e. The average molecular weight is 383 g/mol. The first-order valence-corrected chi connectivity index (χ1v) is 9.41. The lowest BCUT2D eigenvalue weighted by molar-refractivity contribution is 0.924. The predicted molar refractivity (Wildman–Crippen MR) is 118 cm³/mol. The van der Waals surface area contributed by atoms with Crippen LogP contribution in [0.25, 0.3) is 28.7 Å². The minimum atomic E-state index is -0.134. The van der Waals surface area contributed by atoms with Gasteiger partial charge < -0.3 is 4.98 Å². The van der Waals surface area contributed by atoms with Crippen LogP contribution in [0.1, 0.15) is 28.1 Å². The molecular weight excluding hydrogens is 362 g/mol. The summed E-state index contributed by atoms with van der Waals surface area (Å²) >= 11 is 0. The molecule has 0 amide bonds. The number of nitrogens with one attached hydrogen (secondary N) is 1. The molecule has 4 rings (SSSR count). The molecule has 0 saturated heterocycles. The number of aryl methyl sites for hydroxylation is 3. The molecule has 5 nitrogen and oxygen atoms in total. The zero-order valence-electron chi connectivity index (χ0n) is 16.6. The summed E-state index contributed by atoms with van der Waals surface area (Å²) in [5, 5.41) is 0.556. The lowest BCUT2D eigenvalue weighted by Crippen LogP contribution is -2.24. The van der Waals surface area contributed by atoms with E-state index in [9.17, 15) is 9.59 Å². The van der Waals surface area contributed by atoms with Crippen LogP contribution in [-0.4, -0.2) is 14.5 Å². The number of benzene rings is 2. The molecule has 29 heavy (non-hydrogen) atoms. The average Bonchev–Trinajstić information content (AvgIpc) is 2.71. The maximum atomic E-state index is 13.4. The van der Waals surface area contributed by atoms with Crippen LogP contribution in [0, 0.1) is 20.8 Å². The highest BCUT2D eigenvalue weighted by Crippen LogP contribution is 2.21. The van der Waals surface area contributed by atoms with E-state index in [0.717, 1.165) is 16.8 Å². The maximum Gasteiger partial charge on any atom is 0.266 e. The highest BCUT2D eigenvalue weighted by Gasteiger charge is 2.14. The van der Waals surface area contributed by atoms with Crippen molar-refractivity contribution in [2.24, 2.45) is 0 Å². The molecule has 0 unspecified atom stereocenters. The first-order chi connectivity index (χ1) is 14.0. The molecule has 0 aliphatic heterocycles. The van der Waals surface area contributed by atoms with Crippen LogP contribution in [0.3, 0.4) is 0 Å². The maximum absolute atomic E-state index is 13.4. The molecule has 2 heterocycles. The zero-order valence-corrected chi connectivity index (χ0v) is 16.6. The third kappa shape index (κ3) is 3.31. The molecular formula is C24H21N3O2. The number of pyridine rings is 1. The number of hydrogen-bond acceptors (Lipinski definition) is 3. The van der Waals surface area contributed by atoms with Crippen molar-refractivity contribution in [1.82, 2.24) is 14.5 Å². The highest BCUT2D eigenvalue weighted by atomic mass is 16.1.